The van der Waals surface area contributed by atoms with E-state index in [1.807, 2.05) is 0 Å². The van der Waals surface area contributed by atoms with Crippen LogP contribution >= 0.6 is 0 Å². The highest BCUT2D eigenvalue weighted by atomic mass is 16.6. The van der Waals surface area contributed by atoms with E-state index in [0.29, 0.717) is 6.61 Å². The monoisotopic (exact) mass is 358 g/mol. The Bertz CT molecular complexity index is 334. The van der Waals surface area contributed by atoms with E-state index >= 15 is 0 Å². The predicted molar refractivity (Wildman–Crippen MR) is 99.6 cm³/mol. The first kappa shape index (κ1) is 22.6. The van der Waals surface area contributed by atoms with Crippen molar-refractivity contribution < 1.29 is 24.8 Å². The van der Waals surface area contributed by atoms with Crippen molar-refractivity contribution in [3.8, 4) is 0 Å². The SMILES string of the molecule is CCCC/C=C/CCCCCCCCO[C@@H]1[C@H]([C@H](O)CO)OC[C@@H]1O. The lowest BCUT2D eigenvalue weighted by molar-refractivity contribution is -0.0938. The van der Waals surface area contributed by atoms with E-state index in [9.17, 15) is 10.2 Å². The average Bonchev–Trinajstić information content (AvgIpc) is 2.99. The summed E-state index contributed by atoms with van der Waals surface area (Å²) < 4.78 is 11.0. The Labute approximate surface area is 153 Å². The minimum absolute atomic E-state index is 0.152. The van der Waals surface area contributed by atoms with Gasteiger partial charge in [0.25, 0.3) is 0 Å². The Morgan fingerprint density at radius 2 is 1.68 bits per heavy atom. The maximum Gasteiger partial charge on any atom is 0.114 e. The van der Waals surface area contributed by atoms with Gasteiger partial charge in [0.05, 0.1) is 13.2 Å². The zero-order valence-electron chi connectivity index (χ0n) is 15.8. The maximum atomic E-state index is 9.85. The van der Waals surface area contributed by atoms with E-state index in [1.54, 1.807) is 0 Å². The van der Waals surface area contributed by atoms with Gasteiger partial charge in [0.1, 0.15) is 24.4 Å². The largest absolute Gasteiger partial charge is 0.394 e. The number of rotatable bonds is 15. The van der Waals surface area contributed by atoms with Crippen molar-refractivity contribution in [2.45, 2.75) is 95.5 Å². The molecule has 0 saturated carbocycles. The Morgan fingerprint density at radius 1 is 1.04 bits per heavy atom. The van der Waals surface area contributed by atoms with Crippen LogP contribution in [0.25, 0.3) is 0 Å². The molecule has 1 rings (SSSR count). The van der Waals surface area contributed by atoms with Crippen molar-refractivity contribution in [3.05, 3.63) is 12.2 Å². The fraction of sp³-hybridized carbons (Fsp3) is 0.900. The normalized spacial score (nSPS) is 25.0. The molecule has 1 heterocycles. The maximum absolute atomic E-state index is 9.85. The number of hydrogen-bond donors (Lipinski definition) is 3. The van der Waals surface area contributed by atoms with Gasteiger partial charge in [-0.25, -0.2) is 0 Å². The first-order valence-corrected chi connectivity index (χ1v) is 10.1. The summed E-state index contributed by atoms with van der Waals surface area (Å²) >= 11 is 0. The van der Waals surface area contributed by atoms with Crippen molar-refractivity contribution in [2.24, 2.45) is 0 Å². The van der Waals surface area contributed by atoms with Crippen LogP contribution in [0, 0.1) is 0 Å². The highest BCUT2D eigenvalue weighted by molar-refractivity contribution is 4.89. The Kier molecular flexibility index (Phi) is 13.3. The smallest absolute Gasteiger partial charge is 0.114 e. The first-order valence-electron chi connectivity index (χ1n) is 10.1. The quantitative estimate of drug-likeness (QED) is 0.310. The lowest BCUT2D eigenvalue weighted by atomic mass is 10.1. The minimum atomic E-state index is -1.00. The van der Waals surface area contributed by atoms with Crippen LogP contribution in [0.15, 0.2) is 12.2 Å². The molecule has 5 heteroatoms. The number of unbranched alkanes of at least 4 members (excludes halogenated alkanes) is 8. The van der Waals surface area contributed by atoms with E-state index in [1.165, 1.54) is 51.4 Å². The molecule has 0 aromatic carbocycles. The fourth-order valence-electron chi connectivity index (χ4n) is 3.11. The number of aliphatic hydroxyl groups excluding tert-OH is 3. The van der Waals surface area contributed by atoms with Crippen molar-refractivity contribution in [3.63, 3.8) is 0 Å². The summed E-state index contributed by atoms with van der Waals surface area (Å²) in [6.07, 6.45) is 13.8. The zero-order valence-corrected chi connectivity index (χ0v) is 15.8. The van der Waals surface area contributed by atoms with Gasteiger partial charge in [-0.15, -0.1) is 0 Å². The third-order valence-corrected chi connectivity index (χ3v) is 4.70. The van der Waals surface area contributed by atoms with E-state index in [-0.39, 0.29) is 13.2 Å². The number of aliphatic hydroxyl groups is 3. The van der Waals surface area contributed by atoms with Crippen LogP contribution in [-0.4, -0.2) is 59.6 Å². The zero-order chi connectivity index (χ0) is 18.3. The number of ether oxygens (including phenoxy) is 2. The summed E-state index contributed by atoms with van der Waals surface area (Å²) in [5, 5.41) is 28.5. The summed E-state index contributed by atoms with van der Waals surface area (Å²) in [4.78, 5) is 0. The fourth-order valence-corrected chi connectivity index (χ4v) is 3.11. The first-order chi connectivity index (χ1) is 12.2. The van der Waals surface area contributed by atoms with Crippen LogP contribution in [0.1, 0.15) is 71.1 Å². The second-order valence-electron chi connectivity index (χ2n) is 6.97. The average molecular weight is 359 g/mol. The standard InChI is InChI=1S/C20H38O5/c1-2-3-4-5-6-7-8-9-10-11-12-13-14-24-20-18(23)16-25-19(20)17(22)15-21/h5-6,17-23H,2-4,7-16H2,1H3/b6-5+/t17-,18+,19+,20+/m1/s1. The molecule has 3 N–H and O–H groups in total. The van der Waals surface area contributed by atoms with Gasteiger partial charge in [-0.1, -0.05) is 57.6 Å². The van der Waals surface area contributed by atoms with Crippen LogP contribution < -0.4 is 0 Å². The van der Waals surface area contributed by atoms with Crippen molar-refractivity contribution in [2.75, 3.05) is 19.8 Å². The summed E-state index contributed by atoms with van der Waals surface area (Å²) in [6.45, 7) is 2.55. The molecule has 0 amide bonds. The predicted octanol–water partition coefficient (Wildman–Crippen LogP) is 2.96. The Morgan fingerprint density at radius 3 is 2.36 bits per heavy atom. The molecule has 0 aliphatic carbocycles. The lowest BCUT2D eigenvalue weighted by Crippen LogP contribution is -2.42. The lowest BCUT2D eigenvalue weighted by Gasteiger charge is -2.23. The molecule has 1 fully saturated rings. The van der Waals surface area contributed by atoms with Gasteiger partial charge in [-0.2, -0.15) is 0 Å². The summed E-state index contributed by atoms with van der Waals surface area (Å²) in [6, 6.07) is 0. The molecule has 0 aromatic heterocycles. The topological polar surface area (TPSA) is 79.2 Å². The molecular weight excluding hydrogens is 320 g/mol. The summed E-state index contributed by atoms with van der Waals surface area (Å²) in [7, 11) is 0. The van der Waals surface area contributed by atoms with E-state index in [0.717, 1.165) is 12.8 Å². The van der Waals surface area contributed by atoms with Gasteiger partial charge >= 0.3 is 0 Å². The van der Waals surface area contributed by atoms with E-state index in [2.05, 4.69) is 19.1 Å². The molecule has 0 bridgehead atoms. The highest BCUT2D eigenvalue weighted by Crippen LogP contribution is 2.21. The highest BCUT2D eigenvalue weighted by Gasteiger charge is 2.40. The van der Waals surface area contributed by atoms with Crippen LogP contribution in [0.5, 0.6) is 0 Å². The van der Waals surface area contributed by atoms with Gasteiger partial charge in [0, 0.05) is 6.61 Å². The molecule has 25 heavy (non-hydrogen) atoms. The number of allylic oxidation sites excluding steroid dienone is 2. The van der Waals surface area contributed by atoms with Gasteiger partial charge < -0.3 is 24.8 Å². The second-order valence-corrected chi connectivity index (χ2v) is 6.97. The van der Waals surface area contributed by atoms with Crippen LogP contribution in [-0.2, 0) is 9.47 Å². The van der Waals surface area contributed by atoms with Crippen molar-refractivity contribution >= 4 is 0 Å². The van der Waals surface area contributed by atoms with E-state index in [4.69, 9.17) is 14.6 Å². The third kappa shape index (κ3) is 9.71. The third-order valence-electron chi connectivity index (χ3n) is 4.70. The molecule has 148 valence electrons. The van der Waals surface area contributed by atoms with Gasteiger partial charge in [0.2, 0.25) is 0 Å². The molecule has 0 unspecified atom stereocenters. The Hall–Kier alpha value is -0.460. The van der Waals surface area contributed by atoms with Gasteiger partial charge in [-0.3, -0.25) is 0 Å². The molecule has 1 saturated heterocycles. The summed E-state index contributed by atoms with van der Waals surface area (Å²) in [5.74, 6) is 0. The number of hydrogen-bond acceptors (Lipinski definition) is 5. The van der Waals surface area contributed by atoms with Crippen LogP contribution in [0.3, 0.4) is 0 Å². The molecule has 5 nitrogen and oxygen atoms in total. The Balaban J connectivity index is 1.95. The summed E-state index contributed by atoms with van der Waals surface area (Å²) in [5.41, 5.74) is 0. The molecule has 0 spiro atoms. The molecule has 1 aliphatic heterocycles. The molecule has 4 atom stereocenters. The molecular formula is C20H38O5. The second kappa shape index (κ2) is 14.7. The minimum Gasteiger partial charge on any atom is -0.394 e. The van der Waals surface area contributed by atoms with Gasteiger partial charge in [0.15, 0.2) is 0 Å². The van der Waals surface area contributed by atoms with Crippen LogP contribution in [0.4, 0.5) is 0 Å². The molecule has 1 aliphatic rings. The van der Waals surface area contributed by atoms with Gasteiger partial charge in [-0.05, 0) is 25.7 Å². The van der Waals surface area contributed by atoms with Crippen molar-refractivity contribution in [1.29, 1.82) is 0 Å². The van der Waals surface area contributed by atoms with Crippen molar-refractivity contribution in [1.82, 2.24) is 0 Å². The molecule has 0 aromatic rings. The van der Waals surface area contributed by atoms with E-state index < -0.39 is 24.4 Å². The molecule has 0 radical (unpaired) electrons. The van der Waals surface area contributed by atoms with Crippen LogP contribution in [0.2, 0.25) is 0 Å².